The van der Waals surface area contributed by atoms with E-state index in [4.69, 9.17) is 0 Å². The predicted octanol–water partition coefficient (Wildman–Crippen LogP) is 1.68. The lowest BCUT2D eigenvalue weighted by atomic mass is 10.1. The summed E-state index contributed by atoms with van der Waals surface area (Å²) in [6.45, 7) is 4.15. The summed E-state index contributed by atoms with van der Waals surface area (Å²) in [5, 5.41) is 16.3. The second-order valence-electron chi connectivity index (χ2n) is 4.62. The van der Waals surface area contributed by atoms with Gasteiger partial charge in [0.15, 0.2) is 0 Å². The van der Waals surface area contributed by atoms with Crippen molar-refractivity contribution < 1.29 is 0 Å². The molecule has 2 heterocycles. The Hall–Kier alpha value is -2.50. The van der Waals surface area contributed by atoms with Crippen LogP contribution in [0.15, 0.2) is 30.6 Å². The van der Waals surface area contributed by atoms with Gasteiger partial charge in [0.25, 0.3) is 0 Å². The fraction of sp³-hybridized carbons (Fsp3) is 0.231. The number of hydrogen-bond donors (Lipinski definition) is 0. The molecule has 0 aliphatic rings. The van der Waals surface area contributed by atoms with Crippen LogP contribution in [0, 0.1) is 13.8 Å². The molecule has 6 heteroatoms. The van der Waals surface area contributed by atoms with Gasteiger partial charge in [0.1, 0.15) is 0 Å². The zero-order valence-corrected chi connectivity index (χ0v) is 11.1. The predicted molar refractivity (Wildman–Crippen MR) is 70.8 cm³/mol. The Bertz CT molecular complexity index is 704. The van der Waals surface area contributed by atoms with Crippen molar-refractivity contribution in [3.63, 3.8) is 0 Å². The van der Waals surface area contributed by atoms with Crippen LogP contribution in [0.3, 0.4) is 0 Å². The molecule has 0 amide bonds. The summed E-state index contributed by atoms with van der Waals surface area (Å²) in [6.07, 6.45) is 3.65. The minimum atomic E-state index is 0.582. The summed E-state index contributed by atoms with van der Waals surface area (Å²) in [5.41, 5.74) is 4.31. The normalized spacial score (nSPS) is 10.9. The molecule has 0 unspecified atom stereocenters. The van der Waals surface area contributed by atoms with Gasteiger partial charge in [-0.05, 0) is 42.3 Å². The van der Waals surface area contributed by atoms with Crippen LogP contribution >= 0.6 is 0 Å². The summed E-state index contributed by atoms with van der Waals surface area (Å²) in [7, 11) is 1.74. The monoisotopic (exact) mass is 254 g/mol. The van der Waals surface area contributed by atoms with Gasteiger partial charge in [0, 0.05) is 6.20 Å². The van der Waals surface area contributed by atoms with E-state index in [1.165, 1.54) is 15.9 Å². The first-order valence-electron chi connectivity index (χ1n) is 5.99. The molecule has 0 aliphatic carbocycles. The lowest BCUT2D eigenvalue weighted by Crippen LogP contribution is -1.95. The highest BCUT2D eigenvalue weighted by molar-refractivity contribution is 5.52. The standard InChI is InChI=1S/C13H14N6/c1-9-4-10(2)6-12(5-9)19-8-11(7-14-19)13-15-17-18(3)16-13/h4-8H,1-3H3. The maximum atomic E-state index is 4.35. The van der Waals surface area contributed by atoms with Gasteiger partial charge in [-0.3, -0.25) is 0 Å². The van der Waals surface area contributed by atoms with Crippen molar-refractivity contribution >= 4 is 0 Å². The maximum Gasteiger partial charge on any atom is 0.208 e. The molecular weight excluding hydrogens is 240 g/mol. The molecule has 0 fully saturated rings. The summed E-state index contributed by atoms with van der Waals surface area (Å²) in [5.74, 6) is 0.582. The molecule has 19 heavy (non-hydrogen) atoms. The van der Waals surface area contributed by atoms with E-state index < -0.39 is 0 Å². The highest BCUT2D eigenvalue weighted by atomic mass is 15.6. The van der Waals surface area contributed by atoms with Crippen LogP contribution in [-0.2, 0) is 7.05 Å². The van der Waals surface area contributed by atoms with Crippen LogP contribution in [-0.4, -0.2) is 30.0 Å². The number of aromatic nitrogens is 6. The Morgan fingerprint density at radius 2 is 1.79 bits per heavy atom. The van der Waals surface area contributed by atoms with E-state index in [0.29, 0.717) is 5.82 Å². The van der Waals surface area contributed by atoms with Crippen molar-refractivity contribution in [1.29, 1.82) is 0 Å². The Kier molecular flexibility index (Phi) is 2.63. The zero-order valence-electron chi connectivity index (χ0n) is 11.1. The van der Waals surface area contributed by atoms with E-state index in [2.05, 4.69) is 52.6 Å². The van der Waals surface area contributed by atoms with Gasteiger partial charge < -0.3 is 0 Å². The number of hydrogen-bond acceptors (Lipinski definition) is 4. The van der Waals surface area contributed by atoms with Gasteiger partial charge in [-0.15, -0.1) is 10.2 Å². The zero-order chi connectivity index (χ0) is 13.4. The van der Waals surface area contributed by atoms with Gasteiger partial charge in [-0.25, -0.2) is 4.68 Å². The molecule has 1 aromatic carbocycles. The Labute approximate surface area is 110 Å². The molecule has 0 spiro atoms. The number of rotatable bonds is 2. The molecule has 0 saturated carbocycles. The SMILES string of the molecule is Cc1cc(C)cc(-n2cc(-c3nnn(C)n3)cn2)c1. The summed E-state index contributed by atoms with van der Waals surface area (Å²) >= 11 is 0. The fourth-order valence-corrected chi connectivity index (χ4v) is 2.06. The molecule has 0 saturated heterocycles. The van der Waals surface area contributed by atoms with E-state index >= 15 is 0 Å². The third kappa shape index (κ3) is 2.24. The van der Waals surface area contributed by atoms with Crippen molar-refractivity contribution in [3.8, 4) is 17.1 Å². The highest BCUT2D eigenvalue weighted by Crippen LogP contribution is 2.17. The van der Waals surface area contributed by atoms with Gasteiger partial charge in [-0.2, -0.15) is 9.90 Å². The Morgan fingerprint density at radius 1 is 1.05 bits per heavy atom. The van der Waals surface area contributed by atoms with Crippen molar-refractivity contribution in [2.24, 2.45) is 7.05 Å². The molecule has 3 rings (SSSR count). The van der Waals surface area contributed by atoms with Crippen LogP contribution in [0.4, 0.5) is 0 Å². The molecule has 0 atom stereocenters. The van der Waals surface area contributed by atoms with Crippen molar-refractivity contribution in [2.75, 3.05) is 0 Å². The molecule has 0 aliphatic heterocycles. The largest absolute Gasteiger partial charge is 0.240 e. The van der Waals surface area contributed by atoms with Crippen LogP contribution in [0.2, 0.25) is 0 Å². The van der Waals surface area contributed by atoms with Crippen LogP contribution < -0.4 is 0 Å². The first-order chi connectivity index (χ1) is 9.11. The molecule has 3 aromatic rings. The third-order valence-corrected chi connectivity index (χ3v) is 2.82. The van der Waals surface area contributed by atoms with E-state index in [1.54, 1.807) is 13.2 Å². The number of nitrogens with zero attached hydrogens (tertiary/aromatic N) is 6. The van der Waals surface area contributed by atoms with Crippen LogP contribution in [0.1, 0.15) is 11.1 Å². The molecule has 0 bridgehead atoms. The van der Waals surface area contributed by atoms with E-state index in [-0.39, 0.29) is 0 Å². The first-order valence-corrected chi connectivity index (χ1v) is 5.99. The highest BCUT2D eigenvalue weighted by Gasteiger charge is 2.08. The second kappa shape index (κ2) is 4.31. The molecule has 6 nitrogen and oxygen atoms in total. The summed E-state index contributed by atoms with van der Waals surface area (Å²) < 4.78 is 1.83. The minimum absolute atomic E-state index is 0.582. The average molecular weight is 254 g/mol. The Morgan fingerprint density at radius 3 is 2.42 bits per heavy atom. The lowest BCUT2D eigenvalue weighted by molar-refractivity contribution is 0.630. The van der Waals surface area contributed by atoms with Crippen molar-refractivity contribution in [3.05, 3.63) is 41.7 Å². The van der Waals surface area contributed by atoms with E-state index in [1.807, 2.05) is 10.9 Å². The molecule has 0 radical (unpaired) electrons. The van der Waals surface area contributed by atoms with Gasteiger partial charge in [0.05, 0.1) is 24.5 Å². The first kappa shape index (κ1) is 11.6. The molecule has 2 aromatic heterocycles. The van der Waals surface area contributed by atoms with Gasteiger partial charge >= 0.3 is 0 Å². The van der Waals surface area contributed by atoms with Gasteiger partial charge in [0.2, 0.25) is 5.82 Å². The third-order valence-electron chi connectivity index (χ3n) is 2.82. The fourth-order valence-electron chi connectivity index (χ4n) is 2.06. The van der Waals surface area contributed by atoms with E-state index in [9.17, 15) is 0 Å². The van der Waals surface area contributed by atoms with Crippen LogP contribution in [0.5, 0.6) is 0 Å². The van der Waals surface area contributed by atoms with Crippen LogP contribution in [0.25, 0.3) is 17.1 Å². The van der Waals surface area contributed by atoms with Crippen molar-refractivity contribution in [1.82, 2.24) is 30.0 Å². The molecule has 0 N–H and O–H groups in total. The second-order valence-corrected chi connectivity index (χ2v) is 4.62. The minimum Gasteiger partial charge on any atom is -0.240 e. The number of benzene rings is 1. The number of aryl methyl sites for hydroxylation is 3. The summed E-state index contributed by atoms with van der Waals surface area (Å²) in [6, 6.07) is 6.32. The van der Waals surface area contributed by atoms with Crippen molar-refractivity contribution in [2.45, 2.75) is 13.8 Å². The number of tetrazole rings is 1. The Balaban J connectivity index is 2.01. The quantitative estimate of drug-likeness (QED) is 0.698. The topological polar surface area (TPSA) is 61.4 Å². The molecular formula is C13H14N6. The maximum absolute atomic E-state index is 4.35. The van der Waals surface area contributed by atoms with E-state index in [0.717, 1.165) is 11.3 Å². The van der Waals surface area contributed by atoms with Gasteiger partial charge in [-0.1, -0.05) is 6.07 Å². The average Bonchev–Trinajstić information content (AvgIpc) is 2.95. The summed E-state index contributed by atoms with van der Waals surface area (Å²) in [4.78, 5) is 1.43. The molecule has 96 valence electrons. The smallest absolute Gasteiger partial charge is 0.208 e. The lowest BCUT2D eigenvalue weighted by Gasteiger charge is -2.04.